The van der Waals surface area contributed by atoms with E-state index in [-0.39, 0.29) is 17.2 Å². The molecule has 4 rings (SSSR count). The van der Waals surface area contributed by atoms with Crippen molar-refractivity contribution in [3.05, 3.63) is 102 Å². The van der Waals surface area contributed by atoms with Gasteiger partial charge in [-0.15, -0.1) is 0 Å². The van der Waals surface area contributed by atoms with Gasteiger partial charge < -0.3 is 23.7 Å². The van der Waals surface area contributed by atoms with Crippen molar-refractivity contribution in [3.63, 3.8) is 0 Å². The maximum Gasteiger partial charge on any atom is 0.192 e. The molecule has 0 amide bonds. The first-order valence-electron chi connectivity index (χ1n) is 13.4. The highest BCUT2D eigenvalue weighted by molar-refractivity contribution is 6.74. The van der Waals surface area contributed by atoms with Gasteiger partial charge in [0.2, 0.25) is 0 Å². The number of methoxy groups -OCH3 is 1. The van der Waals surface area contributed by atoms with Crippen molar-refractivity contribution < 1.29 is 23.7 Å². The second-order valence-corrected chi connectivity index (χ2v) is 16.4. The molecule has 0 aliphatic carbocycles. The maximum atomic E-state index is 11.1. The van der Waals surface area contributed by atoms with Crippen LogP contribution in [0.15, 0.2) is 84.9 Å². The van der Waals surface area contributed by atoms with Gasteiger partial charge >= 0.3 is 0 Å². The van der Waals surface area contributed by atoms with Gasteiger partial charge in [0, 0.05) is 6.42 Å². The van der Waals surface area contributed by atoms with Crippen LogP contribution < -0.4 is 4.74 Å². The van der Waals surface area contributed by atoms with Crippen molar-refractivity contribution in [2.45, 2.75) is 69.2 Å². The van der Waals surface area contributed by atoms with Crippen LogP contribution in [0, 0.1) is 0 Å². The van der Waals surface area contributed by atoms with Gasteiger partial charge in [-0.2, -0.15) is 0 Å². The molecule has 0 unspecified atom stereocenters. The summed E-state index contributed by atoms with van der Waals surface area (Å²) < 4.78 is 25.1. The van der Waals surface area contributed by atoms with Crippen molar-refractivity contribution in [2.75, 3.05) is 20.3 Å². The van der Waals surface area contributed by atoms with Gasteiger partial charge in [-0.05, 0) is 47.0 Å². The van der Waals surface area contributed by atoms with Crippen molar-refractivity contribution in [1.29, 1.82) is 0 Å². The fourth-order valence-corrected chi connectivity index (χ4v) is 6.09. The Morgan fingerprint density at radius 1 is 0.842 bits per heavy atom. The highest BCUT2D eigenvalue weighted by Crippen LogP contribution is 2.42. The molecule has 3 aromatic carbocycles. The normalized spacial score (nSPS) is 20.8. The van der Waals surface area contributed by atoms with Gasteiger partial charge in [-0.25, -0.2) is 0 Å². The quantitative estimate of drug-likeness (QED) is 0.249. The van der Waals surface area contributed by atoms with E-state index in [1.807, 2.05) is 48.5 Å². The molecule has 6 heteroatoms. The predicted octanol–water partition coefficient (Wildman–Crippen LogP) is 6.54. The van der Waals surface area contributed by atoms with E-state index in [9.17, 15) is 5.11 Å². The fraction of sp³-hybridized carbons (Fsp3) is 0.438. The molecule has 1 heterocycles. The molecular formula is C32H42O5Si. The molecule has 38 heavy (non-hydrogen) atoms. The van der Waals surface area contributed by atoms with Crippen LogP contribution in [0.5, 0.6) is 5.75 Å². The van der Waals surface area contributed by atoms with Crippen molar-refractivity contribution in [1.82, 2.24) is 0 Å². The topological polar surface area (TPSA) is 57.2 Å². The number of ether oxygens (including phenoxy) is 3. The average molecular weight is 535 g/mol. The first-order valence-corrected chi connectivity index (χ1v) is 16.3. The Morgan fingerprint density at radius 2 is 1.37 bits per heavy atom. The Balaban J connectivity index is 1.61. The maximum absolute atomic E-state index is 11.1. The summed E-state index contributed by atoms with van der Waals surface area (Å²) in [5, 5.41) is 11.1. The van der Waals surface area contributed by atoms with E-state index in [2.05, 4.69) is 70.3 Å². The van der Waals surface area contributed by atoms with Gasteiger partial charge in [0.25, 0.3) is 0 Å². The number of aliphatic hydroxyl groups is 1. The lowest BCUT2D eigenvalue weighted by atomic mass is 9.80. The first-order chi connectivity index (χ1) is 18.1. The van der Waals surface area contributed by atoms with Crippen molar-refractivity contribution in [3.8, 4) is 5.75 Å². The number of hydrogen-bond donors (Lipinski definition) is 1. The Labute approximate surface area is 228 Å². The van der Waals surface area contributed by atoms with Gasteiger partial charge in [-0.3, -0.25) is 0 Å². The zero-order valence-electron chi connectivity index (χ0n) is 23.5. The molecular weight excluding hydrogens is 492 g/mol. The lowest BCUT2D eigenvalue weighted by molar-refractivity contribution is -0.145. The van der Waals surface area contributed by atoms with Crippen molar-refractivity contribution >= 4 is 8.32 Å². The van der Waals surface area contributed by atoms with Gasteiger partial charge in [0.05, 0.1) is 38.6 Å². The summed E-state index contributed by atoms with van der Waals surface area (Å²) in [4.78, 5) is 0. The molecule has 0 aromatic heterocycles. The monoisotopic (exact) mass is 534 g/mol. The second kappa shape index (κ2) is 11.7. The number of aliphatic hydroxyl groups excluding tert-OH is 1. The Hall–Kier alpha value is -2.48. The summed E-state index contributed by atoms with van der Waals surface area (Å²) in [6.07, 6.45) is -0.715. The molecule has 1 aliphatic heterocycles. The molecule has 1 N–H and O–H groups in total. The molecule has 5 nitrogen and oxygen atoms in total. The zero-order chi connectivity index (χ0) is 27.4. The van der Waals surface area contributed by atoms with E-state index in [1.54, 1.807) is 7.11 Å². The number of benzene rings is 3. The smallest absolute Gasteiger partial charge is 0.192 e. The van der Waals surface area contributed by atoms with Gasteiger partial charge in [0.15, 0.2) is 8.32 Å². The van der Waals surface area contributed by atoms with E-state index in [1.165, 1.54) is 0 Å². The minimum Gasteiger partial charge on any atom is -0.497 e. The molecule has 0 saturated carbocycles. The largest absolute Gasteiger partial charge is 0.497 e. The Kier molecular flexibility index (Phi) is 8.80. The van der Waals surface area contributed by atoms with Crippen LogP contribution in [0.1, 0.15) is 43.9 Å². The Bertz CT molecular complexity index is 1100. The first kappa shape index (κ1) is 28.5. The van der Waals surface area contributed by atoms with Crippen LogP contribution in [-0.4, -0.2) is 52.1 Å². The standard InChI is InChI=1S/C32H42O5Si/c1-31(2,3)38(5,6)37-30-23-35-28(21-29(30)33)22-36-32(24-13-9-7-10-14-24,25-15-11-8-12-16-25)26-17-19-27(34-4)20-18-26/h7-20,28-30,33H,21-23H2,1-6H3/t28-,29-,30-/m0/s1. The van der Waals surface area contributed by atoms with Crippen LogP contribution in [0.2, 0.25) is 18.1 Å². The van der Waals surface area contributed by atoms with Crippen molar-refractivity contribution in [2.24, 2.45) is 0 Å². The lowest BCUT2D eigenvalue weighted by Gasteiger charge is -2.43. The molecule has 204 valence electrons. The average Bonchev–Trinajstić information content (AvgIpc) is 2.91. The van der Waals surface area contributed by atoms with Crippen LogP contribution >= 0.6 is 0 Å². The minimum absolute atomic E-state index is 0.0655. The van der Waals surface area contributed by atoms with E-state index in [0.717, 1.165) is 22.4 Å². The highest BCUT2D eigenvalue weighted by atomic mass is 28.4. The van der Waals surface area contributed by atoms with E-state index < -0.39 is 20.0 Å². The molecule has 1 saturated heterocycles. The summed E-state index contributed by atoms with van der Waals surface area (Å²) in [7, 11) is -0.359. The summed E-state index contributed by atoms with van der Waals surface area (Å²) >= 11 is 0. The minimum atomic E-state index is -2.03. The summed E-state index contributed by atoms with van der Waals surface area (Å²) in [6.45, 7) is 11.7. The lowest BCUT2D eigenvalue weighted by Crippen LogP contribution is -2.52. The third-order valence-corrected chi connectivity index (χ3v) is 12.5. The Morgan fingerprint density at radius 3 is 1.84 bits per heavy atom. The molecule has 0 bridgehead atoms. The van der Waals surface area contributed by atoms with Gasteiger partial charge in [0.1, 0.15) is 11.4 Å². The van der Waals surface area contributed by atoms with Crippen LogP contribution in [0.4, 0.5) is 0 Å². The molecule has 0 spiro atoms. The van der Waals surface area contributed by atoms with Crippen LogP contribution in [0.25, 0.3) is 0 Å². The molecule has 1 aliphatic rings. The number of hydrogen-bond acceptors (Lipinski definition) is 5. The second-order valence-electron chi connectivity index (χ2n) is 11.6. The predicted molar refractivity (Wildman–Crippen MR) is 154 cm³/mol. The summed E-state index contributed by atoms with van der Waals surface area (Å²) in [6, 6.07) is 28.6. The summed E-state index contributed by atoms with van der Waals surface area (Å²) in [5.41, 5.74) is 2.17. The van der Waals surface area contributed by atoms with E-state index in [4.69, 9.17) is 18.6 Å². The molecule has 0 radical (unpaired) electrons. The number of rotatable bonds is 9. The third kappa shape index (κ3) is 6.05. The molecule has 1 fully saturated rings. The zero-order valence-corrected chi connectivity index (χ0v) is 24.5. The highest BCUT2D eigenvalue weighted by Gasteiger charge is 2.43. The van der Waals surface area contributed by atoms with E-state index in [0.29, 0.717) is 19.6 Å². The van der Waals surface area contributed by atoms with Crippen LogP contribution in [-0.2, 0) is 19.5 Å². The molecule has 3 atom stereocenters. The van der Waals surface area contributed by atoms with E-state index >= 15 is 0 Å². The summed E-state index contributed by atoms with van der Waals surface area (Å²) in [5.74, 6) is 0.787. The van der Waals surface area contributed by atoms with Crippen LogP contribution in [0.3, 0.4) is 0 Å². The SMILES string of the molecule is COc1ccc(C(OC[C@@H]2C[C@H](O)[C@@H](O[Si](C)(C)C(C)(C)C)CO2)(c2ccccc2)c2ccccc2)cc1. The third-order valence-electron chi connectivity index (χ3n) is 8.02. The fourth-order valence-electron chi connectivity index (χ4n) is 4.75. The molecule has 3 aromatic rings. The van der Waals surface area contributed by atoms with Gasteiger partial charge in [-0.1, -0.05) is 93.6 Å².